The highest BCUT2D eigenvalue weighted by Gasteiger charge is 2.11. The monoisotopic (exact) mass is 206 g/mol. The number of rotatable bonds is 5. The first-order valence-corrected chi connectivity index (χ1v) is 4.57. The summed E-state index contributed by atoms with van der Waals surface area (Å²) >= 11 is 0. The van der Waals surface area contributed by atoms with E-state index in [1.165, 1.54) is 6.33 Å². The van der Waals surface area contributed by atoms with Crippen molar-refractivity contribution in [3.63, 3.8) is 0 Å². The molecule has 1 rings (SSSR count). The first-order valence-electron chi connectivity index (χ1n) is 4.57. The minimum atomic E-state index is -0.0713. The van der Waals surface area contributed by atoms with Crippen molar-refractivity contribution in [2.75, 3.05) is 7.11 Å². The summed E-state index contributed by atoms with van der Waals surface area (Å²) in [6, 6.07) is 1.67. The van der Waals surface area contributed by atoms with Gasteiger partial charge in [-0.1, -0.05) is 0 Å². The van der Waals surface area contributed by atoms with Crippen LogP contribution in [0.15, 0.2) is 12.4 Å². The van der Waals surface area contributed by atoms with Crippen LogP contribution in [0, 0.1) is 12.3 Å². The van der Waals surface area contributed by atoms with Crippen molar-refractivity contribution in [3.05, 3.63) is 18.1 Å². The molecule has 1 unspecified atom stereocenters. The molecule has 0 bridgehead atoms. The van der Waals surface area contributed by atoms with Crippen LogP contribution in [-0.4, -0.2) is 17.1 Å². The van der Waals surface area contributed by atoms with Gasteiger partial charge in [-0.2, -0.15) is 0 Å². The molecule has 1 aromatic heterocycles. The van der Waals surface area contributed by atoms with E-state index in [0.717, 1.165) is 12.1 Å². The molecule has 0 saturated heterocycles. The first kappa shape index (κ1) is 11.4. The van der Waals surface area contributed by atoms with E-state index in [4.69, 9.17) is 17.0 Å². The average molecular weight is 206 g/mol. The second kappa shape index (κ2) is 5.96. The third-order valence-electron chi connectivity index (χ3n) is 2.01. The standard InChI is InChI=1S/C10H14N4O/c1-3-4-5-8(14-11)9-6-10(15-2)13-7-12-9/h1,6-8,14H,4-5,11H2,2H3. The minimum absolute atomic E-state index is 0.0713. The lowest BCUT2D eigenvalue weighted by atomic mass is 10.1. The molecule has 15 heavy (non-hydrogen) atoms. The Balaban J connectivity index is 2.77. The van der Waals surface area contributed by atoms with Crippen molar-refractivity contribution < 1.29 is 4.74 Å². The maximum atomic E-state index is 5.42. The topological polar surface area (TPSA) is 73.1 Å². The Kier molecular flexibility index (Phi) is 4.54. The summed E-state index contributed by atoms with van der Waals surface area (Å²) in [7, 11) is 1.55. The molecule has 0 saturated carbocycles. The Hall–Kier alpha value is -1.64. The van der Waals surface area contributed by atoms with Gasteiger partial charge in [0.2, 0.25) is 5.88 Å². The molecular weight excluding hydrogens is 192 g/mol. The highest BCUT2D eigenvalue weighted by atomic mass is 16.5. The van der Waals surface area contributed by atoms with Crippen molar-refractivity contribution in [1.29, 1.82) is 0 Å². The van der Waals surface area contributed by atoms with Gasteiger partial charge in [-0.05, 0) is 6.42 Å². The number of ether oxygens (including phenoxy) is 1. The van der Waals surface area contributed by atoms with E-state index in [1.807, 2.05) is 0 Å². The van der Waals surface area contributed by atoms with E-state index in [-0.39, 0.29) is 6.04 Å². The van der Waals surface area contributed by atoms with Gasteiger partial charge < -0.3 is 4.74 Å². The molecule has 5 nitrogen and oxygen atoms in total. The third kappa shape index (κ3) is 3.20. The van der Waals surface area contributed by atoms with Crippen LogP contribution in [0.5, 0.6) is 5.88 Å². The fraction of sp³-hybridized carbons (Fsp3) is 0.400. The molecule has 1 atom stereocenters. The molecular formula is C10H14N4O. The third-order valence-corrected chi connectivity index (χ3v) is 2.01. The van der Waals surface area contributed by atoms with Gasteiger partial charge in [-0.25, -0.2) is 9.97 Å². The molecule has 0 aliphatic carbocycles. The number of terminal acetylenes is 1. The van der Waals surface area contributed by atoms with E-state index < -0.39 is 0 Å². The largest absolute Gasteiger partial charge is 0.481 e. The van der Waals surface area contributed by atoms with E-state index in [0.29, 0.717) is 12.3 Å². The molecule has 0 spiro atoms. The molecule has 0 aliphatic rings. The van der Waals surface area contributed by atoms with Gasteiger partial charge in [-0.15, -0.1) is 12.3 Å². The lowest BCUT2D eigenvalue weighted by Gasteiger charge is -2.13. The average Bonchev–Trinajstić information content (AvgIpc) is 2.30. The summed E-state index contributed by atoms with van der Waals surface area (Å²) < 4.78 is 4.99. The maximum Gasteiger partial charge on any atom is 0.216 e. The number of hydrogen-bond donors (Lipinski definition) is 2. The Morgan fingerprint density at radius 1 is 1.67 bits per heavy atom. The summed E-state index contributed by atoms with van der Waals surface area (Å²) in [6.07, 6.45) is 8.00. The summed E-state index contributed by atoms with van der Waals surface area (Å²) in [4.78, 5) is 8.02. The molecule has 5 heteroatoms. The van der Waals surface area contributed by atoms with E-state index >= 15 is 0 Å². The molecule has 0 fully saturated rings. The van der Waals surface area contributed by atoms with Gasteiger partial charge in [-0.3, -0.25) is 11.3 Å². The van der Waals surface area contributed by atoms with Crippen LogP contribution in [0.1, 0.15) is 24.6 Å². The van der Waals surface area contributed by atoms with Gasteiger partial charge in [0.1, 0.15) is 6.33 Å². The molecule has 0 radical (unpaired) electrons. The minimum Gasteiger partial charge on any atom is -0.481 e. The normalized spacial score (nSPS) is 11.8. The van der Waals surface area contributed by atoms with Gasteiger partial charge in [0, 0.05) is 12.5 Å². The van der Waals surface area contributed by atoms with Gasteiger partial charge in [0.25, 0.3) is 0 Å². The maximum absolute atomic E-state index is 5.42. The van der Waals surface area contributed by atoms with Crippen molar-refractivity contribution >= 4 is 0 Å². The second-order valence-corrected chi connectivity index (χ2v) is 2.95. The summed E-state index contributed by atoms with van der Waals surface area (Å²) in [5.74, 6) is 8.49. The van der Waals surface area contributed by atoms with Crippen LogP contribution >= 0.6 is 0 Å². The smallest absolute Gasteiger partial charge is 0.216 e. The molecule has 1 heterocycles. The van der Waals surface area contributed by atoms with Crippen molar-refractivity contribution in [1.82, 2.24) is 15.4 Å². The Labute approximate surface area is 89.0 Å². The molecule has 3 N–H and O–H groups in total. The number of nitrogens with one attached hydrogen (secondary N) is 1. The first-order chi connectivity index (χ1) is 7.31. The molecule has 0 aliphatic heterocycles. The SMILES string of the molecule is C#CCCC(NN)c1cc(OC)ncn1. The lowest BCUT2D eigenvalue weighted by Crippen LogP contribution is -2.28. The van der Waals surface area contributed by atoms with Gasteiger partial charge in [0.15, 0.2) is 0 Å². The van der Waals surface area contributed by atoms with E-state index in [2.05, 4.69) is 21.3 Å². The van der Waals surface area contributed by atoms with Gasteiger partial charge >= 0.3 is 0 Å². The summed E-state index contributed by atoms with van der Waals surface area (Å²) in [6.45, 7) is 0. The van der Waals surface area contributed by atoms with Crippen LogP contribution < -0.4 is 16.0 Å². The number of methoxy groups -OCH3 is 1. The van der Waals surface area contributed by atoms with Crippen molar-refractivity contribution in [3.8, 4) is 18.2 Å². The number of hydrazine groups is 1. The van der Waals surface area contributed by atoms with E-state index in [1.54, 1.807) is 13.2 Å². The van der Waals surface area contributed by atoms with Crippen molar-refractivity contribution in [2.24, 2.45) is 5.84 Å². The highest BCUT2D eigenvalue weighted by Crippen LogP contribution is 2.17. The van der Waals surface area contributed by atoms with Crippen LogP contribution in [0.3, 0.4) is 0 Å². The van der Waals surface area contributed by atoms with Crippen LogP contribution in [0.2, 0.25) is 0 Å². The number of aromatic nitrogens is 2. The highest BCUT2D eigenvalue weighted by molar-refractivity contribution is 5.16. The molecule has 0 aromatic carbocycles. The zero-order valence-corrected chi connectivity index (χ0v) is 8.60. The van der Waals surface area contributed by atoms with E-state index in [9.17, 15) is 0 Å². The quantitative estimate of drug-likeness (QED) is 0.414. The van der Waals surface area contributed by atoms with Crippen LogP contribution in [0.25, 0.3) is 0 Å². The van der Waals surface area contributed by atoms with Gasteiger partial charge in [0.05, 0.1) is 18.8 Å². The predicted octanol–water partition coefficient (Wildman–Crippen LogP) is 0.403. The Bertz CT molecular complexity index is 348. The molecule has 80 valence electrons. The second-order valence-electron chi connectivity index (χ2n) is 2.95. The Morgan fingerprint density at radius 2 is 2.47 bits per heavy atom. The number of hydrogen-bond acceptors (Lipinski definition) is 5. The van der Waals surface area contributed by atoms with Crippen LogP contribution in [-0.2, 0) is 0 Å². The lowest BCUT2D eigenvalue weighted by molar-refractivity contribution is 0.393. The zero-order chi connectivity index (χ0) is 11.1. The Morgan fingerprint density at radius 3 is 3.07 bits per heavy atom. The van der Waals surface area contributed by atoms with Crippen molar-refractivity contribution in [2.45, 2.75) is 18.9 Å². The van der Waals surface area contributed by atoms with Crippen LogP contribution in [0.4, 0.5) is 0 Å². The predicted molar refractivity (Wildman–Crippen MR) is 56.7 cm³/mol. The zero-order valence-electron chi connectivity index (χ0n) is 8.60. The molecule has 1 aromatic rings. The number of nitrogens with zero attached hydrogens (tertiary/aromatic N) is 2. The fourth-order valence-corrected chi connectivity index (χ4v) is 1.20. The molecule has 0 amide bonds. The summed E-state index contributed by atoms with van der Waals surface area (Å²) in [5, 5.41) is 0. The number of nitrogens with two attached hydrogens (primary N) is 1. The fourth-order valence-electron chi connectivity index (χ4n) is 1.20. The summed E-state index contributed by atoms with van der Waals surface area (Å²) in [5.41, 5.74) is 3.44.